The minimum Gasteiger partial charge on any atom is -0.496 e. The molecule has 0 aliphatic carbocycles. The molecule has 0 unspecified atom stereocenters. The molecule has 3 rings (SSSR count). The Labute approximate surface area is 165 Å². The van der Waals surface area contributed by atoms with Crippen molar-refractivity contribution in [2.45, 2.75) is 17.9 Å². The summed E-state index contributed by atoms with van der Waals surface area (Å²) >= 11 is 1.62. The van der Waals surface area contributed by atoms with Crippen LogP contribution >= 0.6 is 11.8 Å². The summed E-state index contributed by atoms with van der Waals surface area (Å²) in [6.45, 7) is 4.30. The molecule has 0 saturated carbocycles. The Balaban J connectivity index is 1.74. The normalized spacial score (nSPS) is 15.7. The van der Waals surface area contributed by atoms with E-state index in [1.54, 1.807) is 23.8 Å². The van der Waals surface area contributed by atoms with Gasteiger partial charge in [-0.1, -0.05) is 12.1 Å². The number of thioether (sulfide) groups is 1. The number of rotatable bonds is 6. The maximum absolute atomic E-state index is 13.0. The summed E-state index contributed by atoms with van der Waals surface area (Å²) in [5.41, 5.74) is 1.68. The quantitative estimate of drug-likeness (QED) is 0.707. The molecule has 1 aliphatic heterocycles. The number of nitrogens with zero attached hydrogens (tertiary/aromatic N) is 2. The molecule has 1 atom stereocenters. The molecule has 1 heterocycles. The van der Waals surface area contributed by atoms with Crippen LogP contribution in [0.1, 0.15) is 17.3 Å². The van der Waals surface area contributed by atoms with Crippen LogP contribution in [0.3, 0.4) is 0 Å². The van der Waals surface area contributed by atoms with Crippen molar-refractivity contribution in [1.82, 2.24) is 4.90 Å². The first-order valence-corrected chi connectivity index (χ1v) is 10.3. The maximum atomic E-state index is 13.0. The molecule has 2 aromatic rings. The fourth-order valence-corrected chi connectivity index (χ4v) is 3.77. The van der Waals surface area contributed by atoms with Crippen molar-refractivity contribution in [2.75, 3.05) is 44.9 Å². The van der Waals surface area contributed by atoms with Gasteiger partial charge in [0.25, 0.3) is 5.91 Å². The number of hydrogen-bond donors (Lipinski definition) is 0. The van der Waals surface area contributed by atoms with E-state index in [0.717, 1.165) is 29.4 Å². The Morgan fingerprint density at radius 1 is 1.33 bits per heavy atom. The fourth-order valence-electron chi connectivity index (χ4n) is 3.34. The fraction of sp³-hybridized carbons (Fsp3) is 0.381. The molecule has 0 spiro atoms. The van der Waals surface area contributed by atoms with Gasteiger partial charge in [-0.15, -0.1) is 11.8 Å². The van der Waals surface area contributed by atoms with Crippen LogP contribution in [0, 0.1) is 0 Å². The van der Waals surface area contributed by atoms with E-state index in [1.165, 1.54) is 0 Å². The van der Waals surface area contributed by atoms with Gasteiger partial charge in [-0.2, -0.15) is 0 Å². The van der Waals surface area contributed by atoms with Crippen molar-refractivity contribution in [3.63, 3.8) is 0 Å². The first kappa shape index (κ1) is 19.4. The molecular formula is C21H26N2O3S. The Kier molecular flexibility index (Phi) is 6.16. The second-order valence-corrected chi connectivity index (χ2v) is 7.38. The highest BCUT2D eigenvalue weighted by Gasteiger charge is 2.27. The van der Waals surface area contributed by atoms with Crippen LogP contribution in [-0.4, -0.2) is 57.0 Å². The van der Waals surface area contributed by atoms with E-state index < -0.39 is 0 Å². The lowest BCUT2D eigenvalue weighted by atomic mass is 10.1. The van der Waals surface area contributed by atoms with Gasteiger partial charge in [0.1, 0.15) is 17.6 Å². The lowest BCUT2D eigenvalue weighted by Crippen LogP contribution is -2.46. The van der Waals surface area contributed by atoms with E-state index in [1.807, 2.05) is 49.7 Å². The van der Waals surface area contributed by atoms with Crippen LogP contribution in [0.4, 0.5) is 5.69 Å². The summed E-state index contributed by atoms with van der Waals surface area (Å²) < 4.78 is 11.6. The van der Waals surface area contributed by atoms with E-state index in [-0.39, 0.29) is 12.0 Å². The monoisotopic (exact) mass is 386 g/mol. The van der Waals surface area contributed by atoms with Crippen LogP contribution in [0.5, 0.6) is 11.5 Å². The highest BCUT2D eigenvalue weighted by Crippen LogP contribution is 2.33. The third-order valence-corrected chi connectivity index (χ3v) is 5.49. The number of amides is 1. The highest BCUT2D eigenvalue weighted by molar-refractivity contribution is 7.98. The molecule has 0 bridgehead atoms. The van der Waals surface area contributed by atoms with Gasteiger partial charge in [0.05, 0.1) is 31.5 Å². The summed E-state index contributed by atoms with van der Waals surface area (Å²) in [4.78, 5) is 18.0. The van der Waals surface area contributed by atoms with Crippen LogP contribution in [0.15, 0.2) is 47.4 Å². The van der Waals surface area contributed by atoms with Crippen molar-refractivity contribution in [3.05, 3.63) is 48.0 Å². The molecule has 0 saturated heterocycles. The van der Waals surface area contributed by atoms with Crippen LogP contribution in [0.25, 0.3) is 0 Å². The molecule has 0 radical (unpaired) electrons. The SMILES string of the molecule is CCN1C[C@@H](CN(C)C(=O)c2ccc(SC)cc2OC)Oc2ccccc21. The lowest BCUT2D eigenvalue weighted by molar-refractivity contribution is 0.0706. The van der Waals surface area contributed by atoms with Gasteiger partial charge in [0.2, 0.25) is 0 Å². The van der Waals surface area contributed by atoms with Gasteiger partial charge in [-0.25, -0.2) is 0 Å². The third kappa shape index (κ3) is 4.16. The number of benzene rings is 2. The molecule has 0 aromatic heterocycles. The van der Waals surface area contributed by atoms with Gasteiger partial charge in [-0.3, -0.25) is 4.79 Å². The number of carbonyl (C=O) groups is 1. The molecular weight excluding hydrogens is 360 g/mol. The van der Waals surface area contributed by atoms with E-state index in [0.29, 0.717) is 17.9 Å². The summed E-state index contributed by atoms with van der Waals surface area (Å²) in [7, 11) is 3.40. The molecule has 0 fully saturated rings. The largest absolute Gasteiger partial charge is 0.496 e. The van der Waals surface area contributed by atoms with E-state index in [4.69, 9.17) is 9.47 Å². The summed E-state index contributed by atoms with van der Waals surface area (Å²) in [5, 5.41) is 0. The zero-order chi connectivity index (χ0) is 19.4. The number of fused-ring (bicyclic) bond motifs is 1. The topological polar surface area (TPSA) is 42.0 Å². The van der Waals surface area contributed by atoms with Crippen LogP contribution < -0.4 is 14.4 Å². The van der Waals surface area contributed by atoms with Gasteiger partial charge >= 0.3 is 0 Å². The summed E-state index contributed by atoms with van der Waals surface area (Å²) in [6.07, 6.45) is 1.92. The Bertz CT molecular complexity index is 812. The number of carbonyl (C=O) groups excluding carboxylic acids is 1. The number of ether oxygens (including phenoxy) is 2. The number of hydrogen-bond acceptors (Lipinski definition) is 5. The molecule has 5 nitrogen and oxygen atoms in total. The Morgan fingerprint density at radius 2 is 2.11 bits per heavy atom. The van der Waals surface area contributed by atoms with Gasteiger partial charge in [0, 0.05) is 18.5 Å². The first-order chi connectivity index (χ1) is 13.1. The van der Waals surface area contributed by atoms with Crippen LogP contribution in [-0.2, 0) is 0 Å². The molecule has 1 amide bonds. The second-order valence-electron chi connectivity index (χ2n) is 6.50. The molecule has 144 valence electrons. The van der Waals surface area contributed by atoms with Crippen molar-refractivity contribution >= 4 is 23.4 Å². The van der Waals surface area contributed by atoms with Gasteiger partial charge in [-0.05, 0) is 43.5 Å². The predicted molar refractivity (Wildman–Crippen MR) is 110 cm³/mol. The average Bonchev–Trinajstić information content (AvgIpc) is 2.71. The molecule has 2 aromatic carbocycles. The van der Waals surface area contributed by atoms with Crippen molar-refractivity contribution in [2.24, 2.45) is 0 Å². The van der Waals surface area contributed by atoms with Crippen molar-refractivity contribution in [3.8, 4) is 11.5 Å². The van der Waals surface area contributed by atoms with E-state index in [2.05, 4.69) is 17.9 Å². The summed E-state index contributed by atoms with van der Waals surface area (Å²) in [6, 6.07) is 13.7. The first-order valence-electron chi connectivity index (χ1n) is 9.05. The minimum atomic E-state index is -0.0785. The molecule has 0 N–H and O–H groups in total. The number of likely N-dealkylation sites (N-methyl/N-ethyl adjacent to an activating group) is 2. The van der Waals surface area contributed by atoms with Gasteiger partial charge < -0.3 is 19.3 Å². The number of methoxy groups -OCH3 is 1. The maximum Gasteiger partial charge on any atom is 0.257 e. The number of para-hydroxylation sites is 2. The van der Waals surface area contributed by atoms with Crippen LogP contribution in [0.2, 0.25) is 0 Å². The van der Waals surface area contributed by atoms with Crippen molar-refractivity contribution in [1.29, 1.82) is 0 Å². The highest BCUT2D eigenvalue weighted by atomic mass is 32.2. The molecule has 6 heteroatoms. The number of anilines is 1. The standard InChI is InChI=1S/C21H26N2O3S/c1-5-23-14-15(26-19-9-7-6-8-18(19)23)13-22(2)21(24)17-11-10-16(27-4)12-20(17)25-3/h6-12,15H,5,13-14H2,1-4H3/t15-/m1/s1. The second kappa shape index (κ2) is 8.57. The predicted octanol–water partition coefficient (Wildman–Crippen LogP) is 3.78. The van der Waals surface area contributed by atoms with E-state index in [9.17, 15) is 4.79 Å². The third-order valence-electron chi connectivity index (χ3n) is 4.77. The zero-order valence-electron chi connectivity index (χ0n) is 16.3. The summed E-state index contributed by atoms with van der Waals surface area (Å²) in [5.74, 6) is 1.41. The minimum absolute atomic E-state index is 0.0648. The van der Waals surface area contributed by atoms with Gasteiger partial charge in [0.15, 0.2) is 0 Å². The zero-order valence-corrected chi connectivity index (χ0v) is 17.1. The molecule has 1 aliphatic rings. The Morgan fingerprint density at radius 3 is 2.81 bits per heavy atom. The lowest BCUT2D eigenvalue weighted by Gasteiger charge is -2.37. The van der Waals surface area contributed by atoms with Crippen molar-refractivity contribution < 1.29 is 14.3 Å². The van der Waals surface area contributed by atoms with E-state index >= 15 is 0 Å². The Hall–Kier alpha value is -2.34. The molecule has 27 heavy (non-hydrogen) atoms. The smallest absolute Gasteiger partial charge is 0.257 e. The average molecular weight is 387 g/mol.